The average Bonchev–Trinajstić information content (AvgIpc) is 1.81. The van der Waals surface area contributed by atoms with Crippen LogP contribution in [-0.2, 0) is 24.9 Å². The fraction of sp³-hybridized carbons (Fsp3) is 1.00. The fourth-order valence-electron chi connectivity index (χ4n) is 0.243. The van der Waals surface area contributed by atoms with E-state index in [0.29, 0.717) is 0 Å². The molecule has 0 rings (SSSR count). The summed E-state index contributed by atoms with van der Waals surface area (Å²) in [7, 11) is 0. The molecule has 0 aliphatic carbocycles. The quantitative estimate of drug-likeness (QED) is 0.390. The fourth-order valence-corrected chi connectivity index (χ4v) is 0.243. The Balaban J connectivity index is 3.28. The average molecular weight is 194 g/mol. The van der Waals surface area contributed by atoms with Crippen LogP contribution in [0.5, 0.6) is 0 Å². The van der Waals surface area contributed by atoms with Gasteiger partial charge in [-0.25, -0.2) is 0 Å². The second kappa shape index (κ2) is 4.88. The highest BCUT2D eigenvalue weighted by atomic mass is 17.8. The summed E-state index contributed by atoms with van der Waals surface area (Å²) in [5, 5.41) is 12.6. The lowest BCUT2D eigenvalue weighted by molar-refractivity contribution is -0.725. The second-order valence-corrected chi connectivity index (χ2v) is 4.60. The Morgan fingerprint density at radius 3 is 1.08 bits per heavy atom. The zero-order valence-corrected chi connectivity index (χ0v) is 9.04. The molecule has 80 valence electrons. The van der Waals surface area contributed by atoms with Gasteiger partial charge in [0.05, 0.1) is 11.2 Å². The van der Waals surface area contributed by atoms with Crippen molar-refractivity contribution in [2.24, 2.45) is 0 Å². The minimum absolute atomic E-state index is 0.453. The Bertz CT molecular complexity index is 116. The zero-order valence-electron chi connectivity index (χ0n) is 9.04. The van der Waals surface area contributed by atoms with Gasteiger partial charge in [0.1, 0.15) is 0 Å². The van der Waals surface area contributed by atoms with Crippen LogP contribution in [0.2, 0.25) is 0 Å². The first kappa shape index (κ1) is 12.8. The molecule has 0 aromatic carbocycles. The van der Waals surface area contributed by atoms with Crippen LogP contribution in [0.4, 0.5) is 0 Å². The molecule has 0 saturated carbocycles. The summed E-state index contributed by atoms with van der Waals surface area (Å²) in [6.07, 6.45) is 0. The predicted octanol–water partition coefficient (Wildman–Crippen LogP) is 2.33. The summed E-state index contributed by atoms with van der Waals surface area (Å²) in [4.78, 5) is 9.43. The molecule has 0 heterocycles. The highest BCUT2D eigenvalue weighted by molar-refractivity contribution is 4.54. The Morgan fingerprint density at radius 1 is 0.538 bits per heavy atom. The van der Waals surface area contributed by atoms with Gasteiger partial charge in [-0.2, -0.15) is 9.78 Å². The molecule has 0 atom stereocenters. The van der Waals surface area contributed by atoms with Crippen molar-refractivity contribution >= 4 is 0 Å². The molecule has 0 radical (unpaired) electrons. The van der Waals surface area contributed by atoms with Crippen LogP contribution in [-0.4, -0.2) is 11.2 Å². The van der Waals surface area contributed by atoms with Crippen molar-refractivity contribution in [3.05, 3.63) is 0 Å². The normalized spacial score (nSPS) is 13.4. The SMILES string of the molecule is CC(C)(C)OOOOOC(C)(C)C. The standard InChI is InChI=1S/C8H18O5/c1-7(2,3)9-11-13-12-10-8(4,5)6/h1-6H3. The van der Waals surface area contributed by atoms with E-state index in [1.807, 2.05) is 0 Å². The van der Waals surface area contributed by atoms with Crippen molar-refractivity contribution in [3.8, 4) is 0 Å². The van der Waals surface area contributed by atoms with Gasteiger partial charge in [0, 0.05) is 0 Å². The molecule has 0 spiro atoms. The molecular formula is C8H18O5. The van der Waals surface area contributed by atoms with Crippen LogP contribution < -0.4 is 0 Å². The van der Waals surface area contributed by atoms with Gasteiger partial charge in [-0.1, -0.05) is 0 Å². The first-order chi connectivity index (χ1) is 5.71. The second-order valence-electron chi connectivity index (χ2n) is 4.60. The van der Waals surface area contributed by atoms with Gasteiger partial charge in [-0.3, -0.25) is 0 Å². The molecule has 0 aliphatic heterocycles. The Kier molecular flexibility index (Phi) is 4.80. The third-order valence-corrected chi connectivity index (χ3v) is 0.624. The first-order valence-corrected chi connectivity index (χ1v) is 4.07. The lowest BCUT2D eigenvalue weighted by atomic mass is 10.2. The third-order valence-electron chi connectivity index (χ3n) is 0.624. The molecule has 0 aromatic rings. The lowest BCUT2D eigenvalue weighted by Crippen LogP contribution is -2.22. The summed E-state index contributed by atoms with van der Waals surface area (Å²) in [5.41, 5.74) is -0.907. The Morgan fingerprint density at radius 2 is 0.846 bits per heavy atom. The molecule has 0 aliphatic rings. The number of hydrogen-bond acceptors (Lipinski definition) is 5. The molecule has 5 nitrogen and oxygen atoms in total. The van der Waals surface area contributed by atoms with Crippen molar-refractivity contribution in [3.63, 3.8) is 0 Å². The molecular weight excluding hydrogens is 176 g/mol. The lowest BCUT2D eigenvalue weighted by Gasteiger charge is -2.17. The van der Waals surface area contributed by atoms with Crippen molar-refractivity contribution in [1.82, 2.24) is 0 Å². The summed E-state index contributed by atoms with van der Waals surface area (Å²) in [6.45, 7) is 10.8. The van der Waals surface area contributed by atoms with Crippen molar-refractivity contribution in [2.45, 2.75) is 52.7 Å². The highest BCUT2D eigenvalue weighted by Gasteiger charge is 2.15. The van der Waals surface area contributed by atoms with Gasteiger partial charge in [-0.15, -0.1) is 0 Å². The monoisotopic (exact) mass is 194 g/mol. The minimum Gasteiger partial charge on any atom is -0.198 e. The van der Waals surface area contributed by atoms with E-state index < -0.39 is 11.2 Å². The molecule has 0 amide bonds. The number of hydrogen-bond donors (Lipinski definition) is 0. The summed E-state index contributed by atoms with van der Waals surface area (Å²) in [6, 6.07) is 0. The predicted molar refractivity (Wildman–Crippen MR) is 44.9 cm³/mol. The van der Waals surface area contributed by atoms with E-state index in [9.17, 15) is 0 Å². The van der Waals surface area contributed by atoms with E-state index in [-0.39, 0.29) is 0 Å². The van der Waals surface area contributed by atoms with Crippen LogP contribution in [0.3, 0.4) is 0 Å². The minimum atomic E-state index is -0.453. The van der Waals surface area contributed by atoms with Crippen LogP contribution in [0.1, 0.15) is 41.5 Å². The van der Waals surface area contributed by atoms with Crippen LogP contribution >= 0.6 is 0 Å². The van der Waals surface area contributed by atoms with E-state index in [2.05, 4.69) is 15.1 Å². The van der Waals surface area contributed by atoms with Gasteiger partial charge in [0.15, 0.2) is 0 Å². The van der Waals surface area contributed by atoms with Gasteiger partial charge in [0.25, 0.3) is 0 Å². The molecule has 0 bridgehead atoms. The van der Waals surface area contributed by atoms with E-state index in [1.165, 1.54) is 0 Å². The summed E-state index contributed by atoms with van der Waals surface area (Å²) in [5.74, 6) is 0. The third kappa shape index (κ3) is 11.8. The molecule has 0 aromatic heterocycles. The molecule has 13 heavy (non-hydrogen) atoms. The van der Waals surface area contributed by atoms with Crippen molar-refractivity contribution < 1.29 is 24.9 Å². The van der Waals surface area contributed by atoms with Crippen molar-refractivity contribution in [1.29, 1.82) is 0 Å². The molecule has 0 N–H and O–H groups in total. The zero-order chi connectivity index (χ0) is 10.5. The smallest absolute Gasteiger partial charge is 0.0984 e. The van der Waals surface area contributed by atoms with Crippen LogP contribution in [0.15, 0.2) is 0 Å². The van der Waals surface area contributed by atoms with Gasteiger partial charge >= 0.3 is 0 Å². The maximum atomic E-state index is 4.72. The maximum Gasteiger partial charge on any atom is 0.0984 e. The van der Waals surface area contributed by atoms with Gasteiger partial charge < -0.3 is 0 Å². The van der Waals surface area contributed by atoms with E-state index in [0.717, 1.165) is 0 Å². The molecule has 0 fully saturated rings. The van der Waals surface area contributed by atoms with Crippen molar-refractivity contribution in [2.75, 3.05) is 0 Å². The topological polar surface area (TPSA) is 46.2 Å². The van der Waals surface area contributed by atoms with E-state index >= 15 is 0 Å². The highest BCUT2D eigenvalue weighted by Crippen LogP contribution is 2.10. The summed E-state index contributed by atoms with van der Waals surface area (Å²) < 4.78 is 0. The Labute approximate surface area is 78.6 Å². The van der Waals surface area contributed by atoms with Crippen LogP contribution in [0, 0.1) is 0 Å². The molecule has 0 unspecified atom stereocenters. The van der Waals surface area contributed by atoms with Crippen LogP contribution in [0.25, 0.3) is 0 Å². The van der Waals surface area contributed by atoms with Gasteiger partial charge in [-0.05, 0) is 56.7 Å². The van der Waals surface area contributed by atoms with E-state index in [1.54, 1.807) is 41.5 Å². The molecule has 5 heteroatoms. The van der Waals surface area contributed by atoms with E-state index in [4.69, 9.17) is 9.78 Å². The number of rotatable bonds is 4. The van der Waals surface area contributed by atoms with Gasteiger partial charge in [0.2, 0.25) is 0 Å². The summed E-state index contributed by atoms with van der Waals surface area (Å²) >= 11 is 0. The molecule has 0 saturated heterocycles. The largest absolute Gasteiger partial charge is 0.198 e. The maximum absolute atomic E-state index is 4.72. The first-order valence-electron chi connectivity index (χ1n) is 4.07. The Hall–Kier alpha value is -0.200.